The molecule has 1 heterocycles. The molecule has 1 aromatic rings. The van der Waals surface area contributed by atoms with Crippen molar-refractivity contribution in [2.45, 2.75) is 148 Å². The highest BCUT2D eigenvalue weighted by molar-refractivity contribution is 5.33. The highest BCUT2D eigenvalue weighted by Gasteiger charge is 2.65. The summed E-state index contributed by atoms with van der Waals surface area (Å²) in [4.78, 5) is 2.63. The molecule has 0 bridgehead atoms. The minimum atomic E-state index is 0.542. The highest BCUT2D eigenvalue weighted by atomic mass is 15.2. The summed E-state index contributed by atoms with van der Waals surface area (Å²) in [6.07, 6.45) is 10.9. The zero-order valence-electron chi connectivity index (χ0n) is 35.6. The number of nitrogens with zero attached hydrogens (tertiary/aromatic N) is 1. The lowest BCUT2D eigenvalue weighted by atomic mass is 9.87. The summed E-state index contributed by atoms with van der Waals surface area (Å²) in [6, 6.07) is 9.65. The van der Waals surface area contributed by atoms with Gasteiger partial charge in [-0.05, 0) is 112 Å². The smallest absolute Gasteiger partial charge is 0.0295 e. The molecule has 2 fully saturated rings. The van der Waals surface area contributed by atoms with Crippen molar-refractivity contribution in [2.24, 2.45) is 40.4 Å². The van der Waals surface area contributed by atoms with Crippen molar-refractivity contribution in [3.05, 3.63) is 109 Å². The first-order chi connectivity index (χ1) is 22.6. The molecule has 0 spiro atoms. The van der Waals surface area contributed by atoms with Gasteiger partial charge in [0.1, 0.15) is 0 Å². The van der Waals surface area contributed by atoms with Gasteiger partial charge in [-0.3, -0.25) is 0 Å². The summed E-state index contributed by atoms with van der Waals surface area (Å²) in [7, 11) is 0. The van der Waals surface area contributed by atoms with Crippen molar-refractivity contribution in [1.29, 1.82) is 0 Å². The van der Waals surface area contributed by atoms with Crippen LogP contribution in [0, 0.1) is 40.4 Å². The molecular formula is C48H83N. The molecule has 4 rings (SSSR count). The normalized spacial score (nSPS) is 20.4. The van der Waals surface area contributed by atoms with E-state index in [4.69, 9.17) is 0 Å². The summed E-state index contributed by atoms with van der Waals surface area (Å²) in [5, 5.41) is 0. The van der Waals surface area contributed by atoms with E-state index < -0.39 is 0 Å². The van der Waals surface area contributed by atoms with Crippen LogP contribution in [0.3, 0.4) is 0 Å². The molecule has 1 aliphatic heterocycles. The van der Waals surface area contributed by atoms with E-state index in [1.807, 2.05) is 33.8 Å². The van der Waals surface area contributed by atoms with Gasteiger partial charge in [0.05, 0.1) is 0 Å². The van der Waals surface area contributed by atoms with Crippen LogP contribution in [0.25, 0.3) is 0 Å². The molecule has 3 aliphatic rings. The van der Waals surface area contributed by atoms with Crippen molar-refractivity contribution >= 4 is 0 Å². The minimum Gasteiger partial charge on any atom is -0.372 e. The second-order valence-electron chi connectivity index (χ2n) is 16.8. The Bertz CT molecular complexity index is 1120. The van der Waals surface area contributed by atoms with E-state index in [9.17, 15) is 0 Å². The Morgan fingerprint density at radius 1 is 0.939 bits per heavy atom. The van der Waals surface area contributed by atoms with Gasteiger partial charge in [0.15, 0.2) is 0 Å². The average Bonchev–Trinajstić information content (AvgIpc) is 3.32. The molecule has 5 atom stereocenters. The predicted molar refractivity (Wildman–Crippen MR) is 227 cm³/mol. The quantitative estimate of drug-likeness (QED) is 0.196. The third-order valence-electron chi connectivity index (χ3n) is 10.4. The first-order valence-corrected chi connectivity index (χ1v) is 19.3. The molecule has 2 aliphatic carbocycles. The lowest BCUT2D eigenvalue weighted by Gasteiger charge is -2.36. The standard InChI is InChI=1S/C21H29N.C10H18.C6H14.2C4H8.C3H6/c1-13(18-10-16-8-6-7-9-17(16)11-18)14(2)22-12-19-20(15(22)3)21(19,4)5;1-6-7-9(4)10(5)8(2)3;1-5-6(2,3)4;1-4(2)3;1-3-4-2;1-3-2/h6-9,13,15,18-20H,2,10-12H2,1,3-5H3;9H,2,5-7H2,1,3-4H3;5H2,1-4H3;1H2,2-3H3;3H,1,4H2,2H3;3H,1H2,2H3. The van der Waals surface area contributed by atoms with E-state index in [0.29, 0.717) is 28.7 Å². The van der Waals surface area contributed by atoms with Gasteiger partial charge < -0.3 is 4.90 Å². The summed E-state index contributed by atoms with van der Waals surface area (Å²) < 4.78 is 0. The van der Waals surface area contributed by atoms with Crippen molar-refractivity contribution in [3.63, 3.8) is 0 Å². The molecule has 1 heteroatoms. The van der Waals surface area contributed by atoms with Crippen LogP contribution in [0.15, 0.2) is 98.3 Å². The Kier molecular flexibility index (Phi) is 23.6. The lowest BCUT2D eigenvalue weighted by Crippen LogP contribution is -2.36. The molecule has 49 heavy (non-hydrogen) atoms. The molecule has 0 radical (unpaired) electrons. The third kappa shape index (κ3) is 17.8. The van der Waals surface area contributed by atoms with Gasteiger partial charge in [0, 0.05) is 18.3 Å². The van der Waals surface area contributed by atoms with E-state index in [2.05, 4.69) is 145 Å². The van der Waals surface area contributed by atoms with Crippen LogP contribution >= 0.6 is 0 Å². The number of likely N-dealkylation sites (tertiary alicyclic amines) is 1. The zero-order chi connectivity index (χ0) is 38.7. The van der Waals surface area contributed by atoms with Gasteiger partial charge in [0.2, 0.25) is 0 Å². The summed E-state index contributed by atoms with van der Waals surface area (Å²) in [6.45, 7) is 57.0. The fourth-order valence-corrected chi connectivity index (χ4v) is 6.55. The van der Waals surface area contributed by atoms with Gasteiger partial charge in [-0.15, -0.1) is 19.7 Å². The fraction of sp³-hybridized carbons (Fsp3) is 0.625. The van der Waals surface area contributed by atoms with E-state index in [1.54, 1.807) is 17.2 Å². The molecule has 0 aromatic heterocycles. The Labute approximate surface area is 308 Å². The maximum absolute atomic E-state index is 4.52. The Balaban J connectivity index is 0. The minimum absolute atomic E-state index is 0.542. The SMILES string of the molecule is C=C(C(C)C1Cc2ccccc2C1)N1CC2C(C1C)C2(C)C.C=C(C)C.C=C(C)C(=C)C(C)CCC.C=CC.C=CCC.CCC(C)(C)C. The maximum atomic E-state index is 4.52. The van der Waals surface area contributed by atoms with Crippen LogP contribution in [-0.2, 0) is 12.8 Å². The van der Waals surface area contributed by atoms with Crippen molar-refractivity contribution < 1.29 is 0 Å². The average molecular weight is 674 g/mol. The van der Waals surface area contributed by atoms with Gasteiger partial charge in [-0.1, -0.05) is 155 Å². The Morgan fingerprint density at radius 3 is 1.63 bits per heavy atom. The topological polar surface area (TPSA) is 3.24 Å². The molecule has 1 aromatic carbocycles. The van der Waals surface area contributed by atoms with E-state index in [1.165, 1.54) is 55.5 Å². The number of hydrogen-bond donors (Lipinski definition) is 0. The molecular weight excluding hydrogens is 591 g/mol. The first-order valence-electron chi connectivity index (χ1n) is 19.3. The van der Waals surface area contributed by atoms with Crippen LogP contribution in [0.2, 0.25) is 0 Å². The lowest BCUT2D eigenvalue weighted by molar-refractivity contribution is 0.207. The van der Waals surface area contributed by atoms with Gasteiger partial charge in [0.25, 0.3) is 0 Å². The van der Waals surface area contributed by atoms with Crippen molar-refractivity contribution in [3.8, 4) is 0 Å². The van der Waals surface area contributed by atoms with Crippen LogP contribution in [0.1, 0.15) is 141 Å². The molecule has 0 N–H and O–H groups in total. The summed E-state index contributed by atoms with van der Waals surface area (Å²) in [5.41, 5.74) is 9.13. The van der Waals surface area contributed by atoms with E-state index in [-0.39, 0.29) is 0 Å². The number of allylic oxidation sites excluding steroid dienone is 6. The molecule has 0 amide bonds. The summed E-state index contributed by atoms with van der Waals surface area (Å²) >= 11 is 0. The number of fused-ring (bicyclic) bond motifs is 2. The second kappa shape index (κ2) is 23.8. The number of rotatable bonds is 8. The Morgan fingerprint density at radius 2 is 1.35 bits per heavy atom. The molecule has 1 saturated carbocycles. The number of hydrogen-bond acceptors (Lipinski definition) is 1. The zero-order valence-corrected chi connectivity index (χ0v) is 35.6. The highest BCUT2D eigenvalue weighted by Crippen LogP contribution is 2.65. The molecule has 1 saturated heterocycles. The molecule has 1 nitrogen and oxygen atoms in total. The van der Waals surface area contributed by atoms with Gasteiger partial charge in [-0.2, -0.15) is 0 Å². The predicted octanol–water partition coefficient (Wildman–Crippen LogP) is 14.9. The van der Waals surface area contributed by atoms with Crippen molar-refractivity contribution in [1.82, 2.24) is 4.90 Å². The van der Waals surface area contributed by atoms with Crippen LogP contribution in [0.4, 0.5) is 0 Å². The third-order valence-corrected chi connectivity index (χ3v) is 10.4. The van der Waals surface area contributed by atoms with E-state index >= 15 is 0 Å². The fourth-order valence-electron chi connectivity index (χ4n) is 6.55. The van der Waals surface area contributed by atoms with E-state index in [0.717, 1.165) is 29.7 Å². The monoisotopic (exact) mass is 674 g/mol. The molecule has 5 unspecified atom stereocenters. The number of benzene rings is 1. The van der Waals surface area contributed by atoms with Gasteiger partial charge in [-0.25, -0.2) is 0 Å². The maximum Gasteiger partial charge on any atom is 0.0295 e. The number of piperidine rings is 1. The molecule has 280 valence electrons. The van der Waals surface area contributed by atoms with Crippen LogP contribution in [0.5, 0.6) is 0 Å². The summed E-state index contributed by atoms with van der Waals surface area (Å²) in [5.74, 6) is 3.73. The Hall–Kier alpha value is -2.54. The van der Waals surface area contributed by atoms with Crippen LogP contribution < -0.4 is 0 Å². The van der Waals surface area contributed by atoms with Gasteiger partial charge >= 0.3 is 0 Å². The van der Waals surface area contributed by atoms with Crippen LogP contribution in [-0.4, -0.2) is 17.5 Å². The van der Waals surface area contributed by atoms with Crippen molar-refractivity contribution in [2.75, 3.05) is 6.54 Å². The second-order valence-corrected chi connectivity index (χ2v) is 16.8. The largest absolute Gasteiger partial charge is 0.372 e. The first kappa shape index (κ1) is 48.6.